The number of methoxy groups -OCH3 is 1. The first-order valence-electron chi connectivity index (χ1n) is 10.2. The molecule has 0 aromatic heterocycles. The van der Waals surface area contributed by atoms with E-state index in [0.29, 0.717) is 19.5 Å². The third-order valence-corrected chi connectivity index (χ3v) is 4.82. The van der Waals surface area contributed by atoms with Gasteiger partial charge in [-0.25, -0.2) is 4.79 Å². The highest BCUT2D eigenvalue weighted by atomic mass is 16.6. The van der Waals surface area contributed by atoms with Crippen molar-refractivity contribution in [3.8, 4) is 0 Å². The molecule has 2 rings (SSSR count). The molecule has 29 heavy (non-hydrogen) atoms. The molecule has 0 saturated carbocycles. The van der Waals surface area contributed by atoms with Gasteiger partial charge in [0.2, 0.25) is 5.91 Å². The van der Waals surface area contributed by atoms with Crippen molar-refractivity contribution in [2.75, 3.05) is 20.2 Å². The van der Waals surface area contributed by atoms with Crippen molar-refractivity contribution in [2.24, 2.45) is 0 Å². The van der Waals surface area contributed by atoms with Gasteiger partial charge in [0.05, 0.1) is 24.4 Å². The Labute approximate surface area is 173 Å². The first kappa shape index (κ1) is 23.2. The van der Waals surface area contributed by atoms with E-state index in [2.05, 4.69) is 5.32 Å². The molecule has 0 spiro atoms. The summed E-state index contributed by atoms with van der Waals surface area (Å²) in [5.41, 5.74) is 0.536. The van der Waals surface area contributed by atoms with E-state index in [9.17, 15) is 9.59 Å². The van der Waals surface area contributed by atoms with Crippen molar-refractivity contribution in [3.63, 3.8) is 0 Å². The Kier molecular flexibility index (Phi) is 8.46. The molecule has 1 aromatic carbocycles. The fourth-order valence-electron chi connectivity index (χ4n) is 3.36. The molecule has 1 heterocycles. The number of benzene rings is 1. The van der Waals surface area contributed by atoms with Crippen molar-refractivity contribution in [1.82, 2.24) is 10.2 Å². The number of likely N-dealkylation sites (tertiary alicyclic amines) is 1. The number of hydrogen-bond acceptors (Lipinski definition) is 5. The predicted octanol–water partition coefficient (Wildman–Crippen LogP) is 3.12. The van der Waals surface area contributed by atoms with Crippen LogP contribution in [0.1, 0.15) is 46.1 Å². The summed E-state index contributed by atoms with van der Waals surface area (Å²) in [5.74, 6) is -0.211. The topological polar surface area (TPSA) is 77.1 Å². The Bertz CT molecular complexity index is 655. The zero-order valence-electron chi connectivity index (χ0n) is 18.1. The summed E-state index contributed by atoms with van der Waals surface area (Å²) >= 11 is 0. The molecule has 1 unspecified atom stereocenters. The van der Waals surface area contributed by atoms with Crippen LogP contribution in [0.5, 0.6) is 0 Å². The fourth-order valence-corrected chi connectivity index (χ4v) is 3.36. The number of nitrogens with zero attached hydrogens (tertiary/aromatic N) is 1. The summed E-state index contributed by atoms with van der Waals surface area (Å²) in [5, 5.41) is 2.90. The lowest BCUT2D eigenvalue weighted by atomic mass is 10.1. The molecule has 1 N–H and O–H groups in total. The molecule has 2 amide bonds. The standard InChI is InChI=1S/C22H34N2O5/c1-6-17(27-5)13-23-20(25)19-12-18(29-22(2,3)4)14-24(19)21(26)28-15-16-10-8-7-9-11-16/h7-11,17-19H,6,12-15H2,1-5H3,(H,23,25)/t17?,18-,19+/m1/s1. The molecular weight excluding hydrogens is 372 g/mol. The third kappa shape index (κ3) is 7.33. The molecule has 0 radical (unpaired) electrons. The van der Waals surface area contributed by atoms with Gasteiger partial charge in [-0.3, -0.25) is 9.69 Å². The van der Waals surface area contributed by atoms with Crippen LogP contribution < -0.4 is 5.32 Å². The van der Waals surface area contributed by atoms with Crippen LogP contribution in [0.15, 0.2) is 30.3 Å². The number of carbonyl (C=O) groups excluding carboxylic acids is 2. The van der Waals surface area contributed by atoms with Crippen LogP contribution in [-0.4, -0.2) is 61.0 Å². The lowest BCUT2D eigenvalue weighted by Crippen LogP contribution is -2.47. The van der Waals surface area contributed by atoms with Gasteiger partial charge in [0.15, 0.2) is 0 Å². The minimum atomic E-state index is -0.625. The van der Waals surface area contributed by atoms with Gasteiger partial charge in [0.1, 0.15) is 12.6 Å². The molecule has 0 bridgehead atoms. The van der Waals surface area contributed by atoms with Crippen molar-refractivity contribution < 1.29 is 23.8 Å². The van der Waals surface area contributed by atoms with Crippen molar-refractivity contribution in [2.45, 2.75) is 71.0 Å². The minimum absolute atomic E-state index is 0.0551. The van der Waals surface area contributed by atoms with E-state index in [1.54, 1.807) is 7.11 Å². The Balaban J connectivity index is 2.03. The Morgan fingerprint density at radius 3 is 2.52 bits per heavy atom. The monoisotopic (exact) mass is 406 g/mol. The first-order valence-corrected chi connectivity index (χ1v) is 10.2. The second-order valence-electron chi connectivity index (χ2n) is 8.31. The predicted molar refractivity (Wildman–Crippen MR) is 110 cm³/mol. The molecule has 1 aromatic rings. The summed E-state index contributed by atoms with van der Waals surface area (Å²) in [4.78, 5) is 27.0. The van der Waals surface area contributed by atoms with Crippen molar-refractivity contribution in [1.29, 1.82) is 0 Å². The second kappa shape index (κ2) is 10.6. The van der Waals surface area contributed by atoms with E-state index in [-0.39, 0.29) is 30.3 Å². The van der Waals surface area contributed by atoms with Crippen LogP contribution in [0.4, 0.5) is 4.79 Å². The lowest BCUT2D eigenvalue weighted by Gasteiger charge is -2.25. The number of hydrogen-bond donors (Lipinski definition) is 1. The van der Waals surface area contributed by atoms with E-state index in [0.717, 1.165) is 12.0 Å². The fraction of sp³-hybridized carbons (Fsp3) is 0.636. The van der Waals surface area contributed by atoms with E-state index in [4.69, 9.17) is 14.2 Å². The van der Waals surface area contributed by atoms with Crippen molar-refractivity contribution in [3.05, 3.63) is 35.9 Å². The van der Waals surface area contributed by atoms with Gasteiger partial charge in [-0.05, 0) is 32.8 Å². The van der Waals surface area contributed by atoms with Crippen LogP contribution in [0.3, 0.4) is 0 Å². The van der Waals surface area contributed by atoms with E-state index >= 15 is 0 Å². The molecule has 3 atom stereocenters. The minimum Gasteiger partial charge on any atom is -0.445 e. The Hall–Kier alpha value is -2.12. The molecule has 7 heteroatoms. The summed E-state index contributed by atoms with van der Waals surface area (Å²) in [6.45, 7) is 8.77. The van der Waals surface area contributed by atoms with Crippen LogP contribution in [0.25, 0.3) is 0 Å². The van der Waals surface area contributed by atoms with Gasteiger partial charge in [0, 0.05) is 20.1 Å². The number of ether oxygens (including phenoxy) is 3. The number of nitrogens with one attached hydrogen (secondary N) is 1. The van der Waals surface area contributed by atoms with Gasteiger partial charge in [-0.2, -0.15) is 0 Å². The molecular formula is C22H34N2O5. The normalized spacial score (nSPS) is 20.4. The van der Waals surface area contributed by atoms with Gasteiger partial charge < -0.3 is 19.5 Å². The maximum atomic E-state index is 12.8. The van der Waals surface area contributed by atoms with Crippen molar-refractivity contribution >= 4 is 12.0 Å². The summed E-state index contributed by atoms with van der Waals surface area (Å²) in [7, 11) is 1.62. The second-order valence-corrected chi connectivity index (χ2v) is 8.31. The zero-order chi connectivity index (χ0) is 21.4. The van der Waals surface area contributed by atoms with Crippen LogP contribution >= 0.6 is 0 Å². The Morgan fingerprint density at radius 2 is 1.93 bits per heavy atom. The molecule has 7 nitrogen and oxygen atoms in total. The van der Waals surface area contributed by atoms with Gasteiger partial charge in [-0.15, -0.1) is 0 Å². The van der Waals surface area contributed by atoms with Gasteiger partial charge in [0.25, 0.3) is 0 Å². The molecule has 1 fully saturated rings. The summed E-state index contributed by atoms with van der Waals surface area (Å²) < 4.78 is 16.8. The number of carbonyl (C=O) groups is 2. The maximum Gasteiger partial charge on any atom is 0.410 e. The highest BCUT2D eigenvalue weighted by Gasteiger charge is 2.42. The van der Waals surface area contributed by atoms with Gasteiger partial charge >= 0.3 is 6.09 Å². The van der Waals surface area contributed by atoms with E-state index in [1.807, 2.05) is 58.0 Å². The maximum absolute atomic E-state index is 12.8. The first-order chi connectivity index (χ1) is 13.7. The summed E-state index contributed by atoms with van der Waals surface area (Å²) in [6.07, 6.45) is 0.445. The number of rotatable bonds is 8. The lowest BCUT2D eigenvalue weighted by molar-refractivity contribution is -0.126. The highest BCUT2D eigenvalue weighted by Crippen LogP contribution is 2.25. The smallest absolute Gasteiger partial charge is 0.410 e. The molecule has 1 aliphatic rings. The van der Waals surface area contributed by atoms with E-state index in [1.165, 1.54) is 4.90 Å². The Morgan fingerprint density at radius 1 is 1.24 bits per heavy atom. The SMILES string of the molecule is CCC(CNC(=O)[C@@H]1C[C@@H](OC(C)(C)C)CN1C(=O)OCc1ccccc1)OC. The zero-order valence-corrected chi connectivity index (χ0v) is 18.1. The third-order valence-electron chi connectivity index (χ3n) is 4.82. The molecule has 1 saturated heterocycles. The highest BCUT2D eigenvalue weighted by molar-refractivity contribution is 5.86. The number of amides is 2. The van der Waals surface area contributed by atoms with Crippen LogP contribution in [0, 0.1) is 0 Å². The van der Waals surface area contributed by atoms with Gasteiger partial charge in [-0.1, -0.05) is 37.3 Å². The molecule has 1 aliphatic heterocycles. The van der Waals surface area contributed by atoms with Crippen LogP contribution in [-0.2, 0) is 25.6 Å². The largest absolute Gasteiger partial charge is 0.445 e. The average Bonchev–Trinajstić information content (AvgIpc) is 3.09. The summed E-state index contributed by atoms with van der Waals surface area (Å²) in [6, 6.07) is 8.85. The molecule has 162 valence electrons. The molecule has 0 aliphatic carbocycles. The average molecular weight is 407 g/mol. The van der Waals surface area contributed by atoms with E-state index < -0.39 is 12.1 Å². The quantitative estimate of drug-likeness (QED) is 0.718. The van der Waals surface area contributed by atoms with Crippen LogP contribution in [0.2, 0.25) is 0 Å².